The highest BCUT2D eigenvalue weighted by Crippen LogP contribution is 2.14. The Balaban J connectivity index is 0.00000243. The van der Waals surface area contributed by atoms with Gasteiger partial charge in [0.25, 0.3) is 0 Å². The Morgan fingerprint density at radius 1 is 1.35 bits per heavy atom. The Hall–Kier alpha value is -1.81. The highest BCUT2D eigenvalue weighted by atomic mass is 127. The Kier molecular flexibility index (Phi) is 7.70. The molecular formula is C18H24IN5OS. The molecule has 6 nitrogen and oxygen atoms in total. The summed E-state index contributed by atoms with van der Waals surface area (Å²) in [7, 11) is 3.82. The topological polar surface area (TPSA) is 54.2 Å². The third kappa shape index (κ3) is 5.10. The summed E-state index contributed by atoms with van der Waals surface area (Å²) in [6, 6.07) is 8.16. The van der Waals surface area contributed by atoms with Gasteiger partial charge in [0.2, 0.25) is 0 Å². The number of halogens is 1. The highest BCUT2D eigenvalue weighted by Gasteiger charge is 2.08. The number of imidazole rings is 1. The third-order valence-corrected chi connectivity index (χ3v) is 4.57. The first kappa shape index (κ1) is 20.5. The van der Waals surface area contributed by atoms with Crippen molar-refractivity contribution in [1.29, 1.82) is 0 Å². The van der Waals surface area contributed by atoms with E-state index in [-0.39, 0.29) is 24.0 Å². The van der Waals surface area contributed by atoms with E-state index in [0.29, 0.717) is 13.2 Å². The van der Waals surface area contributed by atoms with E-state index < -0.39 is 0 Å². The molecule has 0 bridgehead atoms. The van der Waals surface area contributed by atoms with E-state index in [1.807, 2.05) is 48.3 Å². The molecule has 2 heterocycles. The van der Waals surface area contributed by atoms with Crippen molar-refractivity contribution < 1.29 is 4.74 Å². The SMILES string of the molecule is CCOc1ccc(CN(C)C(=NC)NCc2cn3ccsc3n2)cc1.I. The van der Waals surface area contributed by atoms with Gasteiger partial charge in [-0.15, -0.1) is 35.3 Å². The standard InChI is InChI=1S/C18H23N5OS.HI/c1-4-24-16-7-5-14(6-8-16)12-22(3)17(19-2)20-11-15-13-23-9-10-25-18(23)21-15;/h5-10,13H,4,11-12H2,1-3H3,(H,19,20);1H. The zero-order valence-electron chi connectivity index (χ0n) is 15.2. The summed E-state index contributed by atoms with van der Waals surface area (Å²) in [5.41, 5.74) is 2.21. The minimum absolute atomic E-state index is 0. The maximum absolute atomic E-state index is 5.48. The zero-order chi connectivity index (χ0) is 17.6. The number of benzene rings is 1. The number of hydrogen-bond acceptors (Lipinski definition) is 4. The van der Waals surface area contributed by atoms with Gasteiger partial charge in [-0.25, -0.2) is 4.98 Å². The number of ether oxygens (including phenoxy) is 1. The van der Waals surface area contributed by atoms with E-state index in [4.69, 9.17) is 4.74 Å². The molecule has 0 atom stereocenters. The number of rotatable bonds is 6. The molecule has 1 N–H and O–H groups in total. The number of guanidine groups is 1. The summed E-state index contributed by atoms with van der Waals surface area (Å²) in [6.45, 7) is 4.09. The lowest BCUT2D eigenvalue weighted by Crippen LogP contribution is -2.38. The second-order valence-electron chi connectivity index (χ2n) is 5.66. The van der Waals surface area contributed by atoms with Crippen LogP contribution >= 0.6 is 35.3 Å². The van der Waals surface area contributed by atoms with E-state index in [1.165, 1.54) is 5.56 Å². The second-order valence-corrected chi connectivity index (χ2v) is 6.53. The zero-order valence-corrected chi connectivity index (χ0v) is 18.3. The Morgan fingerprint density at radius 3 is 2.77 bits per heavy atom. The van der Waals surface area contributed by atoms with Crippen LogP contribution in [-0.2, 0) is 13.1 Å². The van der Waals surface area contributed by atoms with Crippen LogP contribution in [0.1, 0.15) is 18.2 Å². The summed E-state index contributed by atoms with van der Waals surface area (Å²) >= 11 is 1.63. The Bertz CT molecular complexity index is 814. The molecule has 0 radical (unpaired) electrons. The second kappa shape index (κ2) is 9.77. The van der Waals surface area contributed by atoms with Crippen molar-refractivity contribution in [3.05, 3.63) is 53.3 Å². The van der Waals surface area contributed by atoms with E-state index in [2.05, 4.69) is 32.3 Å². The van der Waals surface area contributed by atoms with Crippen molar-refractivity contribution in [3.63, 3.8) is 0 Å². The molecule has 0 spiro atoms. The van der Waals surface area contributed by atoms with Crippen LogP contribution < -0.4 is 10.1 Å². The molecule has 26 heavy (non-hydrogen) atoms. The fourth-order valence-corrected chi connectivity index (χ4v) is 3.34. The normalized spacial score (nSPS) is 11.3. The summed E-state index contributed by atoms with van der Waals surface area (Å²) in [6.07, 6.45) is 4.06. The van der Waals surface area contributed by atoms with Crippen LogP contribution in [0.15, 0.2) is 47.0 Å². The molecule has 0 unspecified atom stereocenters. The summed E-state index contributed by atoms with van der Waals surface area (Å²) in [5.74, 6) is 1.74. The van der Waals surface area contributed by atoms with E-state index >= 15 is 0 Å². The van der Waals surface area contributed by atoms with Crippen LogP contribution in [0, 0.1) is 0 Å². The molecule has 0 amide bonds. The minimum atomic E-state index is 0. The largest absolute Gasteiger partial charge is 0.494 e. The summed E-state index contributed by atoms with van der Waals surface area (Å²) < 4.78 is 7.52. The molecular weight excluding hydrogens is 461 g/mol. The van der Waals surface area contributed by atoms with Gasteiger partial charge in [-0.05, 0) is 24.6 Å². The predicted molar refractivity (Wildman–Crippen MR) is 118 cm³/mol. The monoisotopic (exact) mass is 485 g/mol. The van der Waals surface area contributed by atoms with Gasteiger partial charge in [0, 0.05) is 38.4 Å². The van der Waals surface area contributed by atoms with Crippen LogP contribution in [-0.4, -0.2) is 40.9 Å². The maximum Gasteiger partial charge on any atom is 0.194 e. The third-order valence-electron chi connectivity index (χ3n) is 3.80. The van der Waals surface area contributed by atoms with Crippen molar-refractivity contribution in [1.82, 2.24) is 19.6 Å². The molecule has 1 aromatic carbocycles. The van der Waals surface area contributed by atoms with Gasteiger partial charge in [0.15, 0.2) is 10.9 Å². The first-order valence-corrected chi connectivity index (χ1v) is 9.12. The van der Waals surface area contributed by atoms with E-state index in [9.17, 15) is 0 Å². The Labute approximate surface area is 174 Å². The van der Waals surface area contributed by atoms with Crippen LogP contribution in [0.25, 0.3) is 4.96 Å². The maximum atomic E-state index is 5.48. The molecule has 0 saturated carbocycles. The fraction of sp³-hybridized carbons (Fsp3) is 0.333. The van der Waals surface area contributed by atoms with Crippen molar-refractivity contribution in [3.8, 4) is 5.75 Å². The lowest BCUT2D eigenvalue weighted by atomic mass is 10.2. The van der Waals surface area contributed by atoms with Crippen molar-refractivity contribution >= 4 is 46.2 Å². The number of nitrogens with zero attached hydrogens (tertiary/aromatic N) is 4. The number of nitrogens with one attached hydrogen (secondary N) is 1. The van der Waals surface area contributed by atoms with Gasteiger partial charge in [-0.2, -0.15) is 0 Å². The molecule has 0 fully saturated rings. The first-order valence-electron chi connectivity index (χ1n) is 8.24. The smallest absolute Gasteiger partial charge is 0.194 e. The van der Waals surface area contributed by atoms with Gasteiger partial charge in [0.05, 0.1) is 18.8 Å². The number of fused-ring (bicyclic) bond motifs is 1. The van der Waals surface area contributed by atoms with Gasteiger partial charge in [-0.1, -0.05) is 12.1 Å². The minimum Gasteiger partial charge on any atom is -0.494 e. The molecule has 140 valence electrons. The predicted octanol–water partition coefficient (Wildman–Crippen LogP) is 3.62. The molecule has 0 aliphatic rings. The first-order chi connectivity index (χ1) is 12.2. The fourth-order valence-electron chi connectivity index (χ4n) is 2.62. The van der Waals surface area contributed by atoms with Crippen molar-refractivity contribution in [2.24, 2.45) is 4.99 Å². The van der Waals surface area contributed by atoms with Gasteiger partial charge in [-0.3, -0.25) is 9.39 Å². The number of aromatic nitrogens is 2. The van der Waals surface area contributed by atoms with Gasteiger partial charge in [0.1, 0.15) is 5.75 Å². The average Bonchev–Trinajstić information content (AvgIpc) is 3.19. The molecule has 0 aliphatic carbocycles. The average molecular weight is 485 g/mol. The Morgan fingerprint density at radius 2 is 2.12 bits per heavy atom. The lowest BCUT2D eigenvalue weighted by molar-refractivity contribution is 0.340. The summed E-state index contributed by atoms with van der Waals surface area (Å²) in [4.78, 5) is 12.0. The molecule has 3 rings (SSSR count). The molecule has 0 saturated heterocycles. The quantitative estimate of drug-likeness (QED) is 0.329. The molecule has 0 aliphatic heterocycles. The van der Waals surface area contributed by atoms with Crippen molar-refractivity contribution in [2.75, 3.05) is 20.7 Å². The number of hydrogen-bond donors (Lipinski definition) is 1. The number of thiazole rings is 1. The van der Waals surface area contributed by atoms with E-state index in [0.717, 1.165) is 28.9 Å². The molecule has 2 aromatic heterocycles. The van der Waals surface area contributed by atoms with E-state index in [1.54, 1.807) is 18.4 Å². The number of aliphatic imine (C=N–C) groups is 1. The van der Waals surface area contributed by atoms with Gasteiger partial charge < -0.3 is 15.0 Å². The summed E-state index contributed by atoms with van der Waals surface area (Å²) in [5, 5.41) is 5.40. The van der Waals surface area contributed by atoms with Crippen LogP contribution in [0.5, 0.6) is 5.75 Å². The van der Waals surface area contributed by atoms with Gasteiger partial charge >= 0.3 is 0 Å². The molecule has 8 heteroatoms. The lowest BCUT2D eigenvalue weighted by Gasteiger charge is -2.22. The van der Waals surface area contributed by atoms with Crippen LogP contribution in [0.2, 0.25) is 0 Å². The van der Waals surface area contributed by atoms with Crippen LogP contribution in [0.4, 0.5) is 0 Å². The molecule has 3 aromatic rings. The highest BCUT2D eigenvalue weighted by molar-refractivity contribution is 14.0. The van der Waals surface area contributed by atoms with Crippen LogP contribution in [0.3, 0.4) is 0 Å². The van der Waals surface area contributed by atoms with Crippen molar-refractivity contribution in [2.45, 2.75) is 20.0 Å².